The van der Waals surface area contributed by atoms with E-state index in [9.17, 15) is 0 Å². The molecule has 0 N–H and O–H groups in total. The van der Waals surface area contributed by atoms with Gasteiger partial charge in [-0.3, -0.25) is 0 Å². The fraction of sp³-hybridized carbons (Fsp3) is 0. The number of nitrogens with zero attached hydrogens (tertiary/aromatic N) is 2. The number of rotatable bonds is 5. The quantitative estimate of drug-likeness (QED) is 0.171. The van der Waals surface area contributed by atoms with Crippen LogP contribution in [0.3, 0.4) is 0 Å². The van der Waals surface area contributed by atoms with Crippen LogP contribution >= 0.6 is 0 Å². The van der Waals surface area contributed by atoms with Gasteiger partial charge in [0, 0.05) is 27.5 Å². The second kappa shape index (κ2) is 11.5. The molecule has 2 nitrogen and oxygen atoms in total. The first kappa shape index (κ1) is 28.4. The molecule has 0 aliphatic rings. The highest BCUT2D eigenvalue weighted by molar-refractivity contribution is 6.25. The maximum absolute atomic E-state index is 2.48. The summed E-state index contributed by atoms with van der Waals surface area (Å²) in [5.74, 6) is 0. The summed E-state index contributed by atoms with van der Waals surface area (Å²) in [7, 11) is 0. The normalized spacial score (nSPS) is 11.6. The van der Waals surface area contributed by atoms with E-state index in [2.05, 4.69) is 204 Å². The monoisotopic (exact) mass is 636 g/mol. The van der Waals surface area contributed by atoms with Gasteiger partial charge in [-0.15, -0.1) is 0 Å². The Morgan fingerprint density at radius 1 is 0.340 bits per heavy atom. The summed E-state index contributed by atoms with van der Waals surface area (Å²) in [4.78, 5) is 2.48. The minimum absolute atomic E-state index is 1.11. The summed E-state index contributed by atoms with van der Waals surface area (Å²) in [5, 5.41) is 9.96. The van der Waals surface area contributed by atoms with Crippen molar-refractivity contribution in [2.45, 2.75) is 0 Å². The highest BCUT2D eigenvalue weighted by Crippen LogP contribution is 2.47. The van der Waals surface area contributed by atoms with Gasteiger partial charge in [-0.2, -0.15) is 0 Å². The second-order valence-electron chi connectivity index (χ2n) is 12.9. The molecule has 1 aromatic heterocycles. The Bertz CT molecular complexity index is 2850. The van der Waals surface area contributed by atoms with Gasteiger partial charge in [0.2, 0.25) is 0 Å². The molecule has 0 amide bonds. The van der Waals surface area contributed by atoms with Crippen molar-refractivity contribution >= 4 is 71.2 Å². The number of para-hydroxylation sites is 2. The molecule has 0 saturated heterocycles. The van der Waals surface area contributed by atoms with E-state index in [1.165, 1.54) is 65.3 Å². The van der Waals surface area contributed by atoms with Crippen molar-refractivity contribution in [2.24, 2.45) is 0 Å². The number of benzene rings is 9. The first-order valence-corrected chi connectivity index (χ1v) is 17.2. The number of hydrogen-bond acceptors (Lipinski definition) is 1. The van der Waals surface area contributed by atoms with Crippen LogP contribution in [0.1, 0.15) is 0 Å². The molecular formula is C48H32N2. The molecule has 0 aliphatic heterocycles. The molecule has 0 spiro atoms. The van der Waals surface area contributed by atoms with E-state index >= 15 is 0 Å². The second-order valence-corrected chi connectivity index (χ2v) is 12.9. The Kier molecular flexibility index (Phi) is 6.53. The molecule has 9 aromatic carbocycles. The van der Waals surface area contributed by atoms with Crippen molar-refractivity contribution in [2.75, 3.05) is 4.90 Å². The van der Waals surface area contributed by atoms with Gasteiger partial charge in [0.1, 0.15) is 0 Å². The van der Waals surface area contributed by atoms with Crippen LogP contribution in [0.15, 0.2) is 194 Å². The minimum Gasteiger partial charge on any atom is -0.309 e. The third-order valence-electron chi connectivity index (χ3n) is 10.1. The third-order valence-corrected chi connectivity index (χ3v) is 10.1. The maximum Gasteiger partial charge on any atom is 0.0562 e. The topological polar surface area (TPSA) is 8.17 Å². The Labute approximate surface area is 290 Å². The molecule has 0 bridgehead atoms. The zero-order valence-electron chi connectivity index (χ0n) is 27.4. The predicted octanol–water partition coefficient (Wildman–Crippen LogP) is 13.4. The van der Waals surface area contributed by atoms with Crippen LogP contribution in [0.5, 0.6) is 0 Å². The minimum atomic E-state index is 1.11. The lowest BCUT2D eigenvalue weighted by Gasteiger charge is -2.29. The Morgan fingerprint density at radius 3 is 1.74 bits per heavy atom. The highest BCUT2D eigenvalue weighted by atomic mass is 15.1. The van der Waals surface area contributed by atoms with Crippen LogP contribution in [-0.4, -0.2) is 4.57 Å². The molecule has 0 atom stereocenters. The summed E-state index contributed by atoms with van der Waals surface area (Å²) in [6, 6.07) is 70.5. The van der Waals surface area contributed by atoms with Gasteiger partial charge < -0.3 is 9.47 Å². The smallest absolute Gasteiger partial charge is 0.0562 e. The first-order chi connectivity index (χ1) is 24.8. The number of fused-ring (bicyclic) bond motifs is 8. The largest absolute Gasteiger partial charge is 0.309 e. The van der Waals surface area contributed by atoms with E-state index in [0.717, 1.165) is 22.7 Å². The summed E-state index contributed by atoms with van der Waals surface area (Å²) in [6.07, 6.45) is 0. The van der Waals surface area contributed by atoms with Gasteiger partial charge in [-0.1, -0.05) is 146 Å². The van der Waals surface area contributed by atoms with E-state index in [1.54, 1.807) is 0 Å². The lowest BCUT2D eigenvalue weighted by Crippen LogP contribution is -2.11. The Morgan fingerprint density at radius 2 is 0.940 bits per heavy atom. The van der Waals surface area contributed by atoms with Crippen molar-refractivity contribution in [1.82, 2.24) is 4.57 Å². The lowest BCUT2D eigenvalue weighted by atomic mass is 9.94. The van der Waals surface area contributed by atoms with Crippen LogP contribution in [0.2, 0.25) is 0 Å². The molecule has 50 heavy (non-hydrogen) atoms. The van der Waals surface area contributed by atoms with Gasteiger partial charge >= 0.3 is 0 Å². The first-order valence-electron chi connectivity index (χ1n) is 17.2. The number of aromatic nitrogens is 1. The fourth-order valence-corrected chi connectivity index (χ4v) is 7.93. The third kappa shape index (κ3) is 4.43. The molecule has 2 heteroatoms. The summed E-state index contributed by atoms with van der Waals surface area (Å²) in [6.45, 7) is 0. The predicted molar refractivity (Wildman–Crippen MR) is 213 cm³/mol. The number of anilines is 3. The summed E-state index contributed by atoms with van der Waals surface area (Å²) in [5.41, 5.74) is 9.33. The maximum atomic E-state index is 2.48. The fourth-order valence-electron chi connectivity index (χ4n) is 7.93. The summed E-state index contributed by atoms with van der Waals surface area (Å²) < 4.78 is 2.40. The summed E-state index contributed by atoms with van der Waals surface area (Å²) >= 11 is 0. The van der Waals surface area contributed by atoms with Crippen molar-refractivity contribution in [3.63, 3.8) is 0 Å². The van der Waals surface area contributed by atoms with Crippen LogP contribution < -0.4 is 4.90 Å². The number of hydrogen-bond donors (Lipinski definition) is 0. The lowest BCUT2D eigenvalue weighted by molar-refractivity contribution is 1.18. The van der Waals surface area contributed by atoms with Gasteiger partial charge in [-0.05, 0) is 86.6 Å². The Balaban J connectivity index is 1.31. The van der Waals surface area contributed by atoms with Gasteiger partial charge in [0.25, 0.3) is 0 Å². The molecule has 234 valence electrons. The van der Waals surface area contributed by atoms with E-state index in [1.807, 2.05) is 0 Å². The van der Waals surface area contributed by atoms with Crippen molar-refractivity contribution < 1.29 is 0 Å². The van der Waals surface area contributed by atoms with Gasteiger partial charge in [0.15, 0.2) is 0 Å². The zero-order valence-corrected chi connectivity index (χ0v) is 27.4. The molecule has 0 radical (unpaired) electrons. The van der Waals surface area contributed by atoms with Gasteiger partial charge in [-0.25, -0.2) is 0 Å². The van der Waals surface area contributed by atoms with Crippen LogP contribution in [0, 0.1) is 0 Å². The average Bonchev–Trinajstić information content (AvgIpc) is 3.54. The molecular weight excluding hydrogens is 605 g/mol. The zero-order chi connectivity index (χ0) is 33.0. The van der Waals surface area contributed by atoms with E-state index in [0.29, 0.717) is 0 Å². The molecule has 0 unspecified atom stereocenters. The average molecular weight is 637 g/mol. The van der Waals surface area contributed by atoms with Crippen molar-refractivity contribution in [1.29, 1.82) is 0 Å². The van der Waals surface area contributed by atoms with Crippen LogP contribution in [0.25, 0.3) is 70.9 Å². The van der Waals surface area contributed by atoms with Crippen LogP contribution in [0.4, 0.5) is 17.1 Å². The van der Waals surface area contributed by atoms with Gasteiger partial charge in [0.05, 0.1) is 22.4 Å². The van der Waals surface area contributed by atoms with E-state index < -0.39 is 0 Å². The Hall–Kier alpha value is -6.64. The molecule has 10 rings (SSSR count). The van der Waals surface area contributed by atoms with Crippen molar-refractivity contribution in [3.05, 3.63) is 194 Å². The van der Waals surface area contributed by atoms with Crippen LogP contribution in [-0.2, 0) is 0 Å². The molecule has 0 fully saturated rings. The van der Waals surface area contributed by atoms with Crippen molar-refractivity contribution in [3.8, 4) is 16.8 Å². The molecule has 10 aromatic rings. The standard InChI is InChI=1S/C48H32N2/c1-3-14-33(15-4-1)34-28-30-38(31-29-34)50(46-32-36-27-26-35-16-7-8-19-39(35)47(36)41-21-10-9-20-40(41)46)45-25-13-24-44-48(45)42-22-11-12-23-43(42)49(44)37-17-5-2-6-18-37/h1-32H. The van der Waals surface area contributed by atoms with E-state index in [4.69, 9.17) is 0 Å². The highest BCUT2D eigenvalue weighted by Gasteiger charge is 2.23. The molecule has 0 saturated carbocycles. The van der Waals surface area contributed by atoms with E-state index in [-0.39, 0.29) is 0 Å². The molecule has 1 heterocycles. The molecule has 0 aliphatic carbocycles. The SMILES string of the molecule is c1ccc(-c2ccc(N(c3cc4ccc5ccccc5c4c4ccccc34)c3cccc4c3c3ccccc3n4-c3ccccc3)cc2)cc1.